The molecule has 54 valence electrons. The molecule has 3 nitrogen and oxygen atoms in total. The lowest BCUT2D eigenvalue weighted by molar-refractivity contribution is -0.160. The number of carbonyl (C=O) groups is 1. The lowest BCUT2D eigenvalue weighted by Crippen LogP contribution is -2.23. The van der Waals surface area contributed by atoms with Crippen LogP contribution in [0.25, 0.3) is 0 Å². The highest BCUT2D eigenvalue weighted by Crippen LogP contribution is 2.00. The van der Waals surface area contributed by atoms with Crippen LogP contribution in [-0.2, 0) is 4.79 Å². The first kappa shape index (κ1) is 8.43. The summed E-state index contributed by atoms with van der Waals surface area (Å²) in [6.07, 6.45) is 0.410. The van der Waals surface area contributed by atoms with Gasteiger partial charge in [-0.05, 0) is 5.92 Å². The first-order chi connectivity index (χ1) is 4.04. The Hall–Kier alpha value is -0.570. The summed E-state index contributed by atoms with van der Waals surface area (Å²) in [6, 6.07) is 0. The first-order valence-corrected chi connectivity index (χ1v) is 2.99. The van der Waals surface area contributed by atoms with Crippen LogP contribution in [0.4, 0.5) is 0 Å². The molecule has 0 aromatic rings. The maximum absolute atomic E-state index is 10.6. The fraction of sp³-hybridized carbons (Fsp3) is 0.833. The summed E-state index contributed by atoms with van der Waals surface area (Å²) in [5, 5.41) is 9.18. The van der Waals surface area contributed by atoms with E-state index in [0.29, 0.717) is 17.4 Å². The third-order valence-electron chi connectivity index (χ3n) is 0.944. The van der Waals surface area contributed by atoms with E-state index in [-0.39, 0.29) is 5.91 Å². The van der Waals surface area contributed by atoms with E-state index >= 15 is 0 Å². The predicted molar refractivity (Wildman–Crippen MR) is 34.0 cm³/mol. The fourth-order valence-electron chi connectivity index (χ4n) is 0.481. The topological polar surface area (TPSA) is 40.5 Å². The second-order valence-corrected chi connectivity index (χ2v) is 2.52. The first-order valence-electron chi connectivity index (χ1n) is 2.99. The molecule has 0 aliphatic rings. The smallest absolute Gasteiger partial charge is 0.245 e. The van der Waals surface area contributed by atoms with Crippen LogP contribution in [0.3, 0.4) is 0 Å². The zero-order valence-electron chi connectivity index (χ0n) is 6.09. The summed E-state index contributed by atoms with van der Waals surface area (Å²) in [5.74, 6) is 0.0806. The van der Waals surface area contributed by atoms with Gasteiger partial charge in [-0.2, -0.15) is 0 Å². The number of nitrogens with zero attached hydrogens (tertiary/aromatic N) is 1. The van der Waals surface area contributed by atoms with Crippen molar-refractivity contribution < 1.29 is 10.0 Å². The van der Waals surface area contributed by atoms with Gasteiger partial charge in [0.05, 0.1) is 0 Å². The molecule has 0 aliphatic heterocycles. The van der Waals surface area contributed by atoms with Gasteiger partial charge in [-0.1, -0.05) is 13.8 Å². The average molecular weight is 131 g/mol. The van der Waals surface area contributed by atoms with Crippen LogP contribution in [-0.4, -0.2) is 23.2 Å². The molecule has 0 aromatic heterocycles. The minimum Gasteiger partial charge on any atom is -0.286 e. The van der Waals surface area contributed by atoms with Gasteiger partial charge in [-0.15, -0.1) is 0 Å². The molecule has 1 amide bonds. The number of amides is 1. The van der Waals surface area contributed by atoms with Crippen LogP contribution < -0.4 is 0 Å². The van der Waals surface area contributed by atoms with Gasteiger partial charge in [0.25, 0.3) is 0 Å². The van der Waals surface area contributed by atoms with E-state index in [9.17, 15) is 4.79 Å². The van der Waals surface area contributed by atoms with E-state index in [1.54, 1.807) is 0 Å². The van der Waals surface area contributed by atoms with Gasteiger partial charge < -0.3 is 0 Å². The Bertz CT molecular complexity index is 99.2. The highest BCUT2D eigenvalue weighted by Gasteiger charge is 2.06. The third kappa shape index (κ3) is 3.97. The molecule has 0 radical (unpaired) electrons. The van der Waals surface area contributed by atoms with Crippen LogP contribution in [0.2, 0.25) is 0 Å². The molecule has 0 unspecified atom stereocenters. The van der Waals surface area contributed by atoms with Crippen molar-refractivity contribution in [3.05, 3.63) is 0 Å². The van der Waals surface area contributed by atoms with Gasteiger partial charge in [0.2, 0.25) is 5.91 Å². The Morgan fingerprint density at radius 2 is 2.11 bits per heavy atom. The Kier molecular flexibility index (Phi) is 3.24. The molecular formula is C6H13NO2. The van der Waals surface area contributed by atoms with Crippen molar-refractivity contribution in [3.63, 3.8) is 0 Å². The van der Waals surface area contributed by atoms with E-state index in [4.69, 9.17) is 5.21 Å². The minimum absolute atomic E-state index is 0.231. The van der Waals surface area contributed by atoms with E-state index in [0.717, 1.165) is 0 Å². The van der Waals surface area contributed by atoms with Gasteiger partial charge in [0.15, 0.2) is 0 Å². The number of rotatable bonds is 2. The Morgan fingerprint density at radius 3 is 2.22 bits per heavy atom. The molecule has 0 heterocycles. The van der Waals surface area contributed by atoms with Crippen molar-refractivity contribution in [2.24, 2.45) is 5.92 Å². The van der Waals surface area contributed by atoms with Gasteiger partial charge in [-0.3, -0.25) is 10.0 Å². The maximum atomic E-state index is 10.6. The van der Waals surface area contributed by atoms with Crippen molar-refractivity contribution in [2.75, 3.05) is 7.05 Å². The van der Waals surface area contributed by atoms with Crippen molar-refractivity contribution in [1.82, 2.24) is 5.06 Å². The van der Waals surface area contributed by atoms with Gasteiger partial charge in [-0.25, -0.2) is 5.06 Å². The molecule has 9 heavy (non-hydrogen) atoms. The molecule has 0 aromatic carbocycles. The predicted octanol–water partition coefficient (Wildman–Crippen LogP) is 0.880. The number of hydrogen-bond acceptors (Lipinski definition) is 2. The lowest BCUT2D eigenvalue weighted by atomic mass is 10.1. The van der Waals surface area contributed by atoms with Crippen molar-refractivity contribution in [2.45, 2.75) is 20.3 Å². The quantitative estimate of drug-likeness (QED) is 0.446. The van der Waals surface area contributed by atoms with Crippen molar-refractivity contribution in [3.8, 4) is 0 Å². The standard InChI is InChI=1S/C6H13NO2/c1-5(2)4-6(8)7(3)9/h5,9H,4H2,1-3H3. The van der Waals surface area contributed by atoms with Crippen molar-refractivity contribution in [1.29, 1.82) is 0 Å². The third-order valence-corrected chi connectivity index (χ3v) is 0.944. The normalized spacial score (nSPS) is 9.89. The van der Waals surface area contributed by atoms with Gasteiger partial charge in [0.1, 0.15) is 0 Å². The van der Waals surface area contributed by atoms with Crippen molar-refractivity contribution >= 4 is 5.91 Å². The zero-order valence-corrected chi connectivity index (χ0v) is 6.09. The number of carbonyl (C=O) groups excluding carboxylic acids is 1. The molecule has 0 bridgehead atoms. The highest BCUT2D eigenvalue weighted by molar-refractivity contribution is 5.74. The Labute approximate surface area is 55.2 Å². The van der Waals surface area contributed by atoms with Crippen LogP contribution in [0, 0.1) is 5.92 Å². The largest absolute Gasteiger partial charge is 0.286 e. The molecular weight excluding hydrogens is 118 g/mol. The Balaban J connectivity index is 3.51. The van der Waals surface area contributed by atoms with Crippen LogP contribution in [0.15, 0.2) is 0 Å². The molecule has 0 rings (SSSR count). The summed E-state index contributed by atoms with van der Waals surface area (Å²) < 4.78 is 0. The summed E-state index contributed by atoms with van der Waals surface area (Å²) in [7, 11) is 1.34. The SMILES string of the molecule is CC(C)CC(=O)N(C)O. The molecule has 0 saturated heterocycles. The fourth-order valence-corrected chi connectivity index (χ4v) is 0.481. The summed E-state index contributed by atoms with van der Waals surface area (Å²) in [4.78, 5) is 10.6. The molecule has 0 fully saturated rings. The van der Waals surface area contributed by atoms with Gasteiger partial charge >= 0.3 is 0 Å². The highest BCUT2D eigenvalue weighted by atomic mass is 16.5. The Morgan fingerprint density at radius 1 is 1.67 bits per heavy atom. The van der Waals surface area contributed by atoms with Gasteiger partial charge in [0, 0.05) is 13.5 Å². The second kappa shape index (κ2) is 3.45. The summed E-state index contributed by atoms with van der Waals surface area (Å²) in [5.41, 5.74) is 0. The summed E-state index contributed by atoms with van der Waals surface area (Å²) >= 11 is 0. The maximum Gasteiger partial charge on any atom is 0.245 e. The lowest BCUT2D eigenvalue weighted by Gasteiger charge is -2.08. The van der Waals surface area contributed by atoms with Crippen LogP contribution >= 0.6 is 0 Å². The zero-order chi connectivity index (χ0) is 7.44. The number of hydroxylamine groups is 2. The van der Waals surface area contributed by atoms with Crippen LogP contribution in [0.1, 0.15) is 20.3 Å². The molecule has 0 aliphatic carbocycles. The molecule has 0 spiro atoms. The summed E-state index contributed by atoms with van der Waals surface area (Å²) in [6.45, 7) is 3.86. The van der Waals surface area contributed by atoms with E-state index in [2.05, 4.69) is 0 Å². The van der Waals surface area contributed by atoms with E-state index < -0.39 is 0 Å². The number of hydrogen-bond donors (Lipinski definition) is 1. The minimum atomic E-state index is -0.231. The molecule has 3 heteroatoms. The molecule has 0 atom stereocenters. The average Bonchev–Trinajstić information content (AvgIpc) is 1.63. The second-order valence-electron chi connectivity index (χ2n) is 2.52. The van der Waals surface area contributed by atoms with Crippen LogP contribution in [0.5, 0.6) is 0 Å². The van der Waals surface area contributed by atoms with E-state index in [1.165, 1.54) is 7.05 Å². The monoisotopic (exact) mass is 131 g/mol. The van der Waals surface area contributed by atoms with E-state index in [1.807, 2.05) is 13.8 Å². The molecule has 0 saturated carbocycles. The molecule has 1 N–H and O–H groups in total.